The number of hydrogen-bond donors (Lipinski definition) is 0. The Morgan fingerprint density at radius 2 is 1.65 bits per heavy atom. The van der Waals surface area contributed by atoms with E-state index in [-0.39, 0.29) is 11.6 Å². The Morgan fingerprint density at radius 3 is 2.35 bits per heavy atom. The van der Waals surface area contributed by atoms with E-state index < -0.39 is 5.82 Å². The van der Waals surface area contributed by atoms with Gasteiger partial charge in [0.05, 0.1) is 13.2 Å². The lowest BCUT2D eigenvalue weighted by atomic mass is 10.00. The predicted molar refractivity (Wildman–Crippen MR) is 95.4 cm³/mol. The molecule has 4 nitrogen and oxygen atoms in total. The molecular formula is C21H22FNO3. The van der Waals surface area contributed by atoms with E-state index in [2.05, 4.69) is 4.90 Å². The predicted octanol–water partition coefficient (Wildman–Crippen LogP) is 3.40. The number of rotatable bonds is 4. The zero-order valence-corrected chi connectivity index (χ0v) is 14.6. The second kappa shape index (κ2) is 7.27. The molecule has 0 aliphatic carbocycles. The number of piperidine rings is 1. The highest BCUT2D eigenvalue weighted by atomic mass is 19.1. The zero-order chi connectivity index (χ0) is 18.0. The number of nitrogens with zero attached hydrogens (tertiary/aromatic N) is 1. The first kappa shape index (κ1) is 17.3. The Morgan fingerprint density at radius 1 is 1.00 bits per heavy atom. The highest BCUT2D eigenvalue weighted by molar-refractivity contribution is 6.09. The van der Waals surface area contributed by atoms with Crippen molar-refractivity contribution in [2.45, 2.75) is 25.2 Å². The fourth-order valence-corrected chi connectivity index (χ4v) is 3.70. The van der Waals surface area contributed by atoms with Crippen LogP contribution >= 0.6 is 0 Å². The molecule has 136 valence electrons. The van der Waals surface area contributed by atoms with Gasteiger partial charge in [-0.25, -0.2) is 4.39 Å². The van der Waals surface area contributed by atoms with E-state index in [1.807, 2.05) is 18.2 Å². The highest BCUT2D eigenvalue weighted by Gasteiger charge is 2.39. The molecule has 0 amide bonds. The summed E-state index contributed by atoms with van der Waals surface area (Å²) in [7, 11) is 0. The molecule has 0 bridgehead atoms. The summed E-state index contributed by atoms with van der Waals surface area (Å²) in [5.41, 5.74) is 2.04. The minimum absolute atomic E-state index is 0.156. The maximum atomic E-state index is 13.4. The molecule has 2 fully saturated rings. The van der Waals surface area contributed by atoms with E-state index >= 15 is 0 Å². The Balaban J connectivity index is 1.42. The van der Waals surface area contributed by atoms with Gasteiger partial charge in [0.1, 0.15) is 5.82 Å². The molecule has 1 spiro atoms. The lowest BCUT2D eigenvalue weighted by molar-refractivity contribution is -0.185. The molecule has 5 heteroatoms. The SMILES string of the molecule is O=C(c1cccc(F)c1)c1cccc(CN2CCC3(CC2)OCCO3)c1. The number of benzene rings is 2. The van der Waals surface area contributed by atoms with Crippen molar-refractivity contribution in [3.8, 4) is 0 Å². The van der Waals surface area contributed by atoms with Gasteiger partial charge in [-0.1, -0.05) is 30.3 Å². The highest BCUT2D eigenvalue weighted by Crippen LogP contribution is 2.31. The van der Waals surface area contributed by atoms with Crippen LogP contribution in [0.25, 0.3) is 0 Å². The minimum Gasteiger partial charge on any atom is -0.347 e. The van der Waals surface area contributed by atoms with Crippen LogP contribution in [0.1, 0.15) is 34.3 Å². The van der Waals surface area contributed by atoms with Crippen LogP contribution in [-0.2, 0) is 16.0 Å². The molecule has 0 N–H and O–H groups in total. The van der Waals surface area contributed by atoms with E-state index in [0.29, 0.717) is 24.3 Å². The van der Waals surface area contributed by atoms with Crippen molar-refractivity contribution in [2.24, 2.45) is 0 Å². The van der Waals surface area contributed by atoms with E-state index in [9.17, 15) is 9.18 Å². The molecular weight excluding hydrogens is 333 g/mol. The van der Waals surface area contributed by atoms with Crippen molar-refractivity contribution in [3.63, 3.8) is 0 Å². The van der Waals surface area contributed by atoms with Gasteiger partial charge in [0, 0.05) is 43.6 Å². The van der Waals surface area contributed by atoms with Gasteiger partial charge in [0.15, 0.2) is 11.6 Å². The third-order valence-electron chi connectivity index (χ3n) is 5.11. The topological polar surface area (TPSA) is 38.8 Å². The summed E-state index contributed by atoms with van der Waals surface area (Å²) in [4.78, 5) is 14.9. The van der Waals surface area contributed by atoms with Crippen molar-refractivity contribution in [2.75, 3.05) is 26.3 Å². The summed E-state index contributed by atoms with van der Waals surface area (Å²) in [6, 6.07) is 13.4. The molecule has 26 heavy (non-hydrogen) atoms. The van der Waals surface area contributed by atoms with Crippen LogP contribution < -0.4 is 0 Å². The average molecular weight is 355 g/mol. The van der Waals surface area contributed by atoms with Crippen LogP contribution in [0.4, 0.5) is 4.39 Å². The summed E-state index contributed by atoms with van der Waals surface area (Å²) in [5, 5.41) is 0. The number of ketones is 1. The van der Waals surface area contributed by atoms with Gasteiger partial charge in [-0.3, -0.25) is 9.69 Å². The Bertz CT molecular complexity index is 791. The average Bonchev–Trinajstić information content (AvgIpc) is 3.12. The maximum absolute atomic E-state index is 13.4. The van der Waals surface area contributed by atoms with Crippen molar-refractivity contribution >= 4 is 5.78 Å². The number of halogens is 1. The number of likely N-dealkylation sites (tertiary alicyclic amines) is 1. The van der Waals surface area contributed by atoms with Gasteiger partial charge in [-0.05, 0) is 23.8 Å². The van der Waals surface area contributed by atoms with Gasteiger partial charge in [0.2, 0.25) is 0 Å². The van der Waals surface area contributed by atoms with Gasteiger partial charge < -0.3 is 9.47 Å². The Kier molecular flexibility index (Phi) is 4.85. The smallest absolute Gasteiger partial charge is 0.193 e. The Labute approximate surface area is 152 Å². The minimum atomic E-state index is -0.398. The van der Waals surface area contributed by atoms with Crippen molar-refractivity contribution in [1.29, 1.82) is 0 Å². The number of carbonyl (C=O) groups excluding carboxylic acids is 1. The molecule has 4 rings (SSSR count). The van der Waals surface area contributed by atoms with Crippen LogP contribution in [0.2, 0.25) is 0 Å². The molecule has 0 unspecified atom stereocenters. The van der Waals surface area contributed by atoms with Crippen LogP contribution in [0.5, 0.6) is 0 Å². The molecule has 2 saturated heterocycles. The summed E-state index contributed by atoms with van der Waals surface area (Å²) in [5.74, 6) is -0.923. The van der Waals surface area contributed by atoms with Gasteiger partial charge in [-0.2, -0.15) is 0 Å². The van der Waals surface area contributed by atoms with Gasteiger partial charge >= 0.3 is 0 Å². The lowest BCUT2D eigenvalue weighted by Crippen LogP contribution is -2.44. The van der Waals surface area contributed by atoms with Crippen LogP contribution in [0.15, 0.2) is 48.5 Å². The van der Waals surface area contributed by atoms with Crippen LogP contribution in [0, 0.1) is 5.82 Å². The fraction of sp³-hybridized carbons (Fsp3) is 0.381. The Hall–Kier alpha value is -2.08. The summed E-state index contributed by atoms with van der Waals surface area (Å²) in [6.07, 6.45) is 1.74. The second-order valence-corrected chi connectivity index (χ2v) is 6.92. The first-order chi connectivity index (χ1) is 12.6. The van der Waals surface area contributed by atoms with E-state index in [1.54, 1.807) is 18.2 Å². The van der Waals surface area contributed by atoms with Crippen LogP contribution in [-0.4, -0.2) is 42.8 Å². The third-order valence-corrected chi connectivity index (χ3v) is 5.11. The molecule has 2 aromatic rings. The van der Waals surface area contributed by atoms with Crippen molar-refractivity contribution < 1.29 is 18.7 Å². The number of carbonyl (C=O) groups is 1. The number of ether oxygens (including phenoxy) is 2. The first-order valence-corrected chi connectivity index (χ1v) is 9.03. The van der Waals surface area contributed by atoms with Crippen LogP contribution in [0.3, 0.4) is 0 Å². The molecule has 2 aliphatic heterocycles. The molecule has 2 aliphatic rings. The summed E-state index contributed by atoms with van der Waals surface area (Å²) >= 11 is 0. The molecule has 0 atom stereocenters. The quantitative estimate of drug-likeness (QED) is 0.788. The molecule has 0 radical (unpaired) electrons. The molecule has 2 heterocycles. The van der Waals surface area contributed by atoms with Crippen molar-refractivity contribution in [3.05, 3.63) is 71.0 Å². The molecule has 0 aromatic heterocycles. The normalized spacial score (nSPS) is 19.7. The molecule has 2 aromatic carbocycles. The lowest BCUT2D eigenvalue weighted by Gasteiger charge is -2.37. The van der Waals surface area contributed by atoms with E-state index in [4.69, 9.17) is 9.47 Å². The van der Waals surface area contributed by atoms with Gasteiger partial charge in [0.25, 0.3) is 0 Å². The van der Waals surface area contributed by atoms with E-state index in [1.165, 1.54) is 12.1 Å². The van der Waals surface area contributed by atoms with E-state index in [0.717, 1.165) is 38.0 Å². The standard InChI is InChI=1S/C21H22FNO3/c22-19-6-2-5-18(14-19)20(24)17-4-1-3-16(13-17)15-23-9-7-21(8-10-23)25-11-12-26-21/h1-6,13-14H,7-12,15H2. The van der Waals surface area contributed by atoms with Gasteiger partial charge in [-0.15, -0.1) is 0 Å². The maximum Gasteiger partial charge on any atom is 0.193 e. The third kappa shape index (κ3) is 3.70. The molecule has 0 saturated carbocycles. The first-order valence-electron chi connectivity index (χ1n) is 9.03. The zero-order valence-electron chi connectivity index (χ0n) is 14.6. The fourth-order valence-electron chi connectivity index (χ4n) is 3.70. The summed E-state index contributed by atoms with van der Waals surface area (Å²) < 4.78 is 24.9. The van der Waals surface area contributed by atoms with Crippen molar-refractivity contribution in [1.82, 2.24) is 4.90 Å². The summed E-state index contributed by atoms with van der Waals surface area (Å²) in [6.45, 7) is 3.96. The monoisotopic (exact) mass is 355 g/mol. The second-order valence-electron chi connectivity index (χ2n) is 6.92. The number of hydrogen-bond acceptors (Lipinski definition) is 4. The largest absolute Gasteiger partial charge is 0.347 e.